The van der Waals surface area contributed by atoms with Crippen molar-refractivity contribution in [1.29, 1.82) is 0 Å². The van der Waals surface area contributed by atoms with Gasteiger partial charge in [-0.1, -0.05) is 54.6 Å². The Morgan fingerprint density at radius 3 is 2.76 bits per heavy atom. The molecule has 3 aromatic rings. The van der Waals surface area contributed by atoms with Crippen molar-refractivity contribution in [3.05, 3.63) is 76.8 Å². The van der Waals surface area contributed by atoms with Crippen LogP contribution in [0.1, 0.15) is 34.5 Å². The number of piperidine rings is 1. The molecule has 4 rings (SSSR count). The number of amides is 1. The lowest BCUT2D eigenvalue weighted by molar-refractivity contribution is -0.107. The Morgan fingerprint density at radius 2 is 1.93 bits per heavy atom. The Kier molecular flexibility index (Phi) is 6.15. The second-order valence-electron chi connectivity index (χ2n) is 7.51. The van der Waals surface area contributed by atoms with Gasteiger partial charge in [0.05, 0.1) is 0 Å². The third-order valence-electron chi connectivity index (χ3n) is 5.45. The summed E-state index contributed by atoms with van der Waals surface area (Å²) in [5, 5.41) is 2.64. The summed E-state index contributed by atoms with van der Waals surface area (Å²) < 4.78 is 0. The first-order valence-corrected chi connectivity index (χ1v) is 10.9. The number of hydrogen-bond donors (Lipinski definition) is 0. The highest BCUT2D eigenvalue weighted by Crippen LogP contribution is 2.29. The summed E-state index contributed by atoms with van der Waals surface area (Å²) in [4.78, 5) is 30.6. The molecule has 1 aliphatic heterocycles. The first-order chi connectivity index (χ1) is 14.2. The molecule has 1 aromatic heterocycles. The van der Waals surface area contributed by atoms with E-state index in [9.17, 15) is 9.59 Å². The van der Waals surface area contributed by atoms with Crippen LogP contribution in [0.15, 0.2) is 60.0 Å². The molecule has 2 aromatic carbocycles. The Morgan fingerprint density at radius 1 is 1.14 bits per heavy atom. The van der Waals surface area contributed by atoms with E-state index in [0.29, 0.717) is 18.0 Å². The number of hydrogen-bond acceptors (Lipinski definition) is 4. The molecule has 0 N–H and O–H groups in total. The zero-order chi connectivity index (χ0) is 20.1. The molecule has 0 aliphatic carbocycles. The number of aromatic nitrogens is 1. The molecule has 1 aliphatic rings. The Labute approximate surface area is 175 Å². The van der Waals surface area contributed by atoms with E-state index in [-0.39, 0.29) is 5.91 Å². The maximum Gasteiger partial charge on any atom is 0.273 e. The van der Waals surface area contributed by atoms with E-state index >= 15 is 0 Å². The SMILES string of the molecule is O=CCc1ccccc1-c1nc(C(=O)N2CCCC(Cc3ccccc3)C2)cs1. The maximum atomic E-state index is 13.1. The highest BCUT2D eigenvalue weighted by atomic mass is 32.1. The summed E-state index contributed by atoms with van der Waals surface area (Å²) in [7, 11) is 0. The highest BCUT2D eigenvalue weighted by Gasteiger charge is 2.26. The molecule has 148 valence electrons. The number of carbonyl (C=O) groups excluding carboxylic acids is 2. The number of aldehydes is 1. The van der Waals surface area contributed by atoms with Crippen LogP contribution < -0.4 is 0 Å². The van der Waals surface area contributed by atoms with Crippen LogP contribution in [0, 0.1) is 5.92 Å². The lowest BCUT2D eigenvalue weighted by Gasteiger charge is -2.32. The summed E-state index contributed by atoms with van der Waals surface area (Å²) in [6.45, 7) is 1.57. The van der Waals surface area contributed by atoms with E-state index in [0.717, 1.165) is 54.8 Å². The topological polar surface area (TPSA) is 50.3 Å². The van der Waals surface area contributed by atoms with Crippen LogP contribution in [-0.4, -0.2) is 35.2 Å². The van der Waals surface area contributed by atoms with Gasteiger partial charge in [0.25, 0.3) is 5.91 Å². The van der Waals surface area contributed by atoms with Crippen molar-refractivity contribution in [2.24, 2.45) is 5.92 Å². The Balaban J connectivity index is 1.47. The van der Waals surface area contributed by atoms with Crippen LogP contribution in [0.25, 0.3) is 10.6 Å². The highest BCUT2D eigenvalue weighted by molar-refractivity contribution is 7.13. The zero-order valence-electron chi connectivity index (χ0n) is 16.3. The standard InChI is InChI=1S/C24H24N2O2S/c27-14-12-20-10-4-5-11-21(20)23-25-22(17-29-23)24(28)26-13-6-9-19(16-26)15-18-7-2-1-3-8-18/h1-5,7-8,10-11,14,17,19H,6,9,12-13,15-16H2. The van der Waals surface area contributed by atoms with Crippen molar-refractivity contribution in [2.75, 3.05) is 13.1 Å². The van der Waals surface area contributed by atoms with Crippen LogP contribution in [0.2, 0.25) is 0 Å². The molecule has 1 fully saturated rings. The molecule has 1 unspecified atom stereocenters. The smallest absolute Gasteiger partial charge is 0.273 e. The molecule has 4 nitrogen and oxygen atoms in total. The van der Waals surface area contributed by atoms with E-state index in [2.05, 4.69) is 29.2 Å². The fourth-order valence-corrected chi connectivity index (χ4v) is 4.87. The van der Waals surface area contributed by atoms with Crippen molar-refractivity contribution in [3.8, 4) is 10.6 Å². The molecule has 1 atom stereocenters. The average Bonchev–Trinajstić information content (AvgIpc) is 3.25. The average molecular weight is 405 g/mol. The van der Waals surface area contributed by atoms with Crippen molar-refractivity contribution in [1.82, 2.24) is 9.88 Å². The largest absolute Gasteiger partial charge is 0.337 e. The van der Waals surface area contributed by atoms with E-state index in [4.69, 9.17) is 0 Å². The van der Waals surface area contributed by atoms with Gasteiger partial charge < -0.3 is 9.69 Å². The van der Waals surface area contributed by atoms with Crippen LogP contribution >= 0.6 is 11.3 Å². The van der Waals surface area contributed by atoms with Gasteiger partial charge in [-0.25, -0.2) is 4.98 Å². The zero-order valence-corrected chi connectivity index (χ0v) is 17.1. The first-order valence-electron chi connectivity index (χ1n) is 10.0. The fourth-order valence-electron chi connectivity index (χ4n) is 4.02. The third kappa shape index (κ3) is 4.62. The molecular weight excluding hydrogens is 380 g/mol. The molecule has 0 radical (unpaired) electrons. The van der Waals surface area contributed by atoms with Gasteiger partial charge in [-0.05, 0) is 36.3 Å². The van der Waals surface area contributed by atoms with Crippen molar-refractivity contribution in [3.63, 3.8) is 0 Å². The van der Waals surface area contributed by atoms with E-state index in [1.165, 1.54) is 16.9 Å². The van der Waals surface area contributed by atoms with Gasteiger partial charge in [0.2, 0.25) is 0 Å². The van der Waals surface area contributed by atoms with Gasteiger partial charge >= 0.3 is 0 Å². The van der Waals surface area contributed by atoms with Gasteiger partial charge in [-0.2, -0.15) is 0 Å². The number of thiazole rings is 1. The molecule has 0 saturated carbocycles. The summed E-state index contributed by atoms with van der Waals surface area (Å²) in [5.74, 6) is 0.500. The first kappa shape index (κ1) is 19.5. The van der Waals surface area contributed by atoms with Crippen molar-refractivity contribution >= 4 is 23.5 Å². The van der Waals surface area contributed by atoms with Gasteiger partial charge in [0.1, 0.15) is 17.0 Å². The third-order valence-corrected chi connectivity index (χ3v) is 6.32. The predicted octanol–water partition coefficient (Wildman–Crippen LogP) is 4.65. The number of benzene rings is 2. The summed E-state index contributed by atoms with van der Waals surface area (Å²) >= 11 is 1.46. The van der Waals surface area contributed by atoms with E-state index < -0.39 is 0 Å². The molecule has 2 heterocycles. The normalized spacial score (nSPS) is 16.6. The number of carbonyl (C=O) groups is 2. The predicted molar refractivity (Wildman–Crippen MR) is 116 cm³/mol. The molecule has 1 amide bonds. The van der Waals surface area contributed by atoms with Crippen LogP contribution in [0.3, 0.4) is 0 Å². The second-order valence-corrected chi connectivity index (χ2v) is 8.37. The van der Waals surface area contributed by atoms with Gasteiger partial charge in [0, 0.05) is 30.5 Å². The summed E-state index contributed by atoms with van der Waals surface area (Å²) in [5.41, 5.74) is 3.71. The number of rotatable bonds is 6. The molecule has 29 heavy (non-hydrogen) atoms. The van der Waals surface area contributed by atoms with Gasteiger partial charge in [-0.15, -0.1) is 11.3 Å². The molecular formula is C24H24N2O2S. The number of nitrogens with zero attached hydrogens (tertiary/aromatic N) is 2. The minimum atomic E-state index is 0.0122. The van der Waals surface area contributed by atoms with Crippen LogP contribution in [0.4, 0.5) is 0 Å². The Bertz CT molecular complexity index is 983. The molecule has 0 bridgehead atoms. The Hall–Kier alpha value is -2.79. The van der Waals surface area contributed by atoms with Gasteiger partial charge in [-0.3, -0.25) is 4.79 Å². The molecule has 0 spiro atoms. The number of likely N-dealkylation sites (tertiary alicyclic amines) is 1. The van der Waals surface area contributed by atoms with E-state index in [1.807, 2.05) is 40.6 Å². The van der Waals surface area contributed by atoms with Gasteiger partial charge in [0.15, 0.2) is 0 Å². The summed E-state index contributed by atoms with van der Waals surface area (Å²) in [6, 6.07) is 18.2. The monoisotopic (exact) mass is 404 g/mol. The lowest BCUT2D eigenvalue weighted by Crippen LogP contribution is -2.40. The maximum absolute atomic E-state index is 13.1. The van der Waals surface area contributed by atoms with Crippen LogP contribution in [-0.2, 0) is 17.6 Å². The van der Waals surface area contributed by atoms with Crippen molar-refractivity contribution in [2.45, 2.75) is 25.7 Å². The lowest BCUT2D eigenvalue weighted by atomic mass is 9.91. The minimum absolute atomic E-state index is 0.0122. The van der Waals surface area contributed by atoms with Crippen LogP contribution in [0.5, 0.6) is 0 Å². The second kappa shape index (κ2) is 9.14. The van der Waals surface area contributed by atoms with Crippen molar-refractivity contribution < 1.29 is 9.59 Å². The minimum Gasteiger partial charge on any atom is -0.337 e. The molecule has 1 saturated heterocycles. The molecule has 5 heteroatoms. The fraction of sp³-hybridized carbons (Fsp3) is 0.292. The quantitative estimate of drug-likeness (QED) is 0.562. The van der Waals surface area contributed by atoms with E-state index in [1.54, 1.807) is 0 Å². The summed E-state index contributed by atoms with van der Waals surface area (Å²) in [6.07, 6.45) is 4.44.